The SMILES string of the molecule is CSc1ccc(CCCCl)cc1C(O)C(=O)O. The third-order valence-electron chi connectivity index (χ3n) is 2.42. The van der Waals surface area contributed by atoms with Crippen LogP contribution in [-0.2, 0) is 11.2 Å². The highest BCUT2D eigenvalue weighted by molar-refractivity contribution is 7.98. The standard InChI is InChI=1S/C12H15ClO3S/c1-17-10-5-4-8(3-2-6-13)7-9(10)11(14)12(15)16/h4-5,7,11,14H,2-3,6H2,1H3,(H,15,16). The van der Waals surface area contributed by atoms with Crippen molar-refractivity contribution in [2.75, 3.05) is 12.1 Å². The van der Waals surface area contributed by atoms with E-state index in [9.17, 15) is 9.90 Å². The number of aliphatic hydroxyl groups excluding tert-OH is 1. The molecule has 0 saturated carbocycles. The Morgan fingerprint density at radius 3 is 2.76 bits per heavy atom. The van der Waals surface area contributed by atoms with E-state index in [1.54, 1.807) is 6.07 Å². The molecule has 0 fully saturated rings. The van der Waals surface area contributed by atoms with Gasteiger partial charge in [0, 0.05) is 16.3 Å². The highest BCUT2D eigenvalue weighted by Gasteiger charge is 2.19. The lowest BCUT2D eigenvalue weighted by Gasteiger charge is -2.12. The minimum absolute atomic E-state index is 0.456. The Bertz CT molecular complexity index is 395. The fourth-order valence-electron chi connectivity index (χ4n) is 1.56. The molecule has 1 rings (SSSR count). The van der Waals surface area contributed by atoms with E-state index in [0.29, 0.717) is 11.4 Å². The first-order valence-corrected chi connectivity index (χ1v) is 6.99. The molecule has 0 heterocycles. The van der Waals surface area contributed by atoms with E-state index < -0.39 is 12.1 Å². The van der Waals surface area contributed by atoms with Crippen LogP contribution in [0, 0.1) is 0 Å². The fraction of sp³-hybridized carbons (Fsp3) is 0.417. The van der Waals surface area contributed by atoms with E-state index in [2.05, 4.69) is 0 Å². The Hall–Kier alpha value is -0.710. The summed E-state index contributed by atoms with van der Waals surface area (Å²) in [5.41, 5.74) is 1.45. The van der Waals surface area contributed by atoms with Gasteiger partial charge in [-0.3, -0.25) is 0 Å². The van der Waals surface area contributed by atoms with Crippen LogP contribution < -0.4 is 0 Å². The molecule has 1 unspecified atom stereocenters. The second kappa shape index (κ2) is 6.89. The molecule has 0 spiro atoms. The second-order valence-corrected chi connectivity index (χ2v) is 4.84. The Morgan fingerprint density at radius 1 is 1.53 bits per heavy atom. The van der Waals surface area contributed by atoms with Gasteiger partial charge in [0.1, 0.15) is 0 Å². The van der Waals surface area contributed by atoms with Crippen LogP contribution in [0.15, 0.2) is 23.1 Å². The zero-order valence-electron chi connectivity index (χ0n) is 9.52. The van der Waals surface area contributed by atoms with Gasteiger partial charge in [-0.1, -0.05) is 12.1 Å². The first-order valence-electron chi connectivity index (χ1n) is 5.23. The summed E-state index contributed by atoms with van der Waals surface area (Å²) < 4.78 is 0. The average Bonchev–Trinajstić information content (AvgIpc) is 2.34. The molecule has 0 aliphatic carbocycles. The summed E-state index contributed by atoms with van der Waals surface area (Å²) in [5.74, 6) is -0.657. The lowest BCUT2D eigenvalue weighted by molar-refractivity contribution is -0.147. The van der Waals surface area contributed by atoms with Crippen molar-refractivity contribution in [3.63, 3.8) is 0 Å². The van der Waals surface area contributed by atoms with Crippen molar-refractivity contribution in [2.45, 2.75) is 23.8 Å². The number of aryl methyl sites for hydroxylation is 1. The third kappa shape index (κ3) is 3.91. The lowest BCUT2D eigenvalue weighted by Crippen LogP contribution is -2.12. The van der Waals surface area contributed by atoms with E-state index in [4.69, 9.17) is 16.7 Å². The Labute approximate surface area is 110 Å². The average molecular weight is 275 g/mol. The maximum absolute atomic E-state index is 10.8. The van der Waals surface area contributed by atoms with Crippen LogP contribution in [0.4, 0.5) is 0 Å². The van der Waals surface area contributed by atoms with Crippen LogP contribution in [0.1, 0.15) is 23.7 Å². The van der Waals surface area contributed by atoms with Crippen molar-refractivity contribution in [1.29, 1.82) is 0 Å². The number of carboxylic acid groups (broad SMARTS) is 1. The second-order valence-electron chi connectivity index (χ2n) is 3.61. The Morgan fingerprint density at radius 2 is 2.24 bits per heavy atom. The molecule has 0 bridgehead atoms. The molecular formula is C12H15ClO3S. The summed E-state index contributed by atoms with van der Waals surface area (Å²) in [7, 11) is 0. The molecule has 17 heavy (non-hydrogen) atoms. The molecule has 0 aromatic heterocycles. The Kier molecular flexibility index (Phi) is 5.82. The lowest BCUT2D eigenvalue weighted by atomic mass is 10.0. The number of carboxylic acids is 1. The molecule has 5 heteroatoms. The van der Waals surface area contributed by atoms with Gasteiger partial charge in [-0.15, -0.1) is 23.4 Å². The van der Waals surface area contributed by atoms with Gasteiger partial charge >= 0.3 is 5.97 Å². The first kappa shape index (κ1) is 14.4. The maximum atomic E-state index is 10.8. The van der Waals surface area contributed by atoms with E-state index in [0.717, 1.165) is 23.3 Å². The van der Waals surface area contributed by atoms with Gasteiger partial charge in [0.05, 0.1) is 0 Å². The summed E-state index contributed by atoms with van der Waals surface area (Å²) in [6.45, 7) is 0. The van der Waals surface area contributed by atoms with Gasteiger partial charge in [0.15, 0.2) is 6.10 Å². The summed E-state index contributed by atoms with van der Waals surface area (Å²) >= 11 is 7.04. The van der Waals surface area contributed by atoms with Crippen LogP contribution in [0.2, 0.25) is 0 Å². The van der Waals surface area contributed by atoms with Crippen molar-refractivity contribution >= 4 is 29.3 Å². The molecule has 0 saturated heterocycles. The summed E-state index contributed by atoms with van der Waals surface area (Å²) in [4.78, 5) is 11.6. The van der Waals surface area contributed by atoms with E-state index in [1.807, 2.05) is 18.4 Å². The fourth-order valence-corrected chi connectivity index (χ4v) is 2.30. The summed E-state index contributed by atoms with van der Waals surface area (Å²) in [6, 6.07) is 5.53. The number of halogens is 1. The molecule has 0 amide bonds. The minimum Gasteiger partial charge on any atom is -0.479 e. The minimum atomic E-state index is -1.46. The van der Waals surface area contributed by atoms with Crippen molar-refractivity contribution < 1.29 is 15.0 Å². The number of hydrogen-bond acceptors (Lipinski definition) is 3. The highest BCUT2D eigenvalue weighted by Crippen LogP contribution is 2.27. The zero-order valence-corrected chi connectivity index (χ0v) is 11.1. The van der Waals surface area contributed by atoms with Crippen LogP contribution in [0.25, 0.3) is 0 Å². The van der Waals surface area contributed by atoms with Crippen LogP contribution >= 0.6 is 23.4 Å². The quantitative estimate of drug-likeness (QED) is 0.619. The molecule has 0 aliphatic rings. The van der Waals surface area contributed by atoms with Crippen LogP contribution in [0.5, 0.6) is 0 Å². The van der Waals surface area contributed by atoms with Crippen molar-refractivity contribution in [3.05, 3.63) is 29.3 Å². The number of hydrogen-bond donors (Lipinski definition) is 2. The first-order chi connectivity index (χ1) is 8.10. The molecule has 2 N–H and O–H groups in total. The van der Waals surface area contributed by atoms with Gasteiger partial charge in [0.25, 0.3) is 0 Å². The summed E-state index contributed by atoms with van der Waals surface area (Å²) in [5, 5.41) is 18.5. The topological polar surface area (TPSA) is 57.5 Å². The van der Waals surface area contributed by atoms with Gasteiger partial charge in [0.2, 0.25) is 0 Å². The maximum Gasteiger partial charge on any atom is 0.337 e. The third-order valence-corrected chi connectivity index (χ3v) is 3.50. The molecule has 1 aromatic rings. The summed E-state index contributed by atoms with van der Waals surface area (Å²) in [6.07, 6.45) is 2.01. The van der Waals surface area contributed by atoms with Gasteiger partial charge in [-0.05, 0) is 30.7 Å². The normalized spacial score (nSPS) is 12.4. The number of thioether (sulfide) groups is 1. The predicted molar refractivity (Wildman–Crippen MR) is 69.9 cm³/mol. The molecule has 3 nitrogen and oxygen atoms in total. The van der Waals surface area contributed by atoms with Gasteiger partial charge in [-0.2, -0.15) is 0 Å². The smallest absolute Gasteiger partial charge is 0.337 e. The zero-order chi connectivity index (χ0) is 12.8. The number of aliphatic carboxylic acids is 1. The van der Waals surface area contributed by atoms with E-state index in [-0.39, 0.29) is 0 Å². The largest absolute Gasteiger partial charge is 0.479 e. The van der Waals surface area contributed by atoms with Gasteiger partial charge < -0.3 is 10.2 Å². The number of benzene rings is 1. The molecule has 1 atom stereocenters. The van der Waals surface area contributed by atoms with E-state index >= 15 is 0 Å². The molecular weight excluding hydrogens is 260 g/mol. The van der Waals surface area contributed by atoms with Crippen molar-refractivity contribution in [2.24, 2.45) is 0 Å². The monoisotopic (exact) mass is 274 g/mol. The number of carbonyl (C=O) groups is 1. The van der Waals surface area contributed by atoms with Crippen LogP contribution in [-0.4, -0.2) is 28.3 Å². The number of alkyl halides is 1. The van der Waals surface area contributed by atoms with Crippen molar-refractivity contribution in [3.8, 4) is 0 Å². The van der Waals surface area contributed by atoms with E-state index in [1.165, 1.54) is 11.8 Å². The Balaban J connectivity index is 3.01. The number of aliphatic hydroxyl groups is 1. The van der Waals surface area contributed by atoms with Crippen molar-refractivity contribution in [1.82, 2.24) is 0 Å². The molecule has 0 aliphatic heterocycles. The predicted octanol–water partition coefficient (Wildman–Crippen LogP) is 2.70. The molecule has 0 radical (unpaired) electrons. The molecule has 94 valence electrons. The number of rotatable bonds is 6. The van der Waals surface area contributed by atoms with Crippen LogP contribution in [0.3, 0.4) is 0 Å². The van der Waals surface area contributed by atoms with Gasteiger partial charge in [-0.25, -0.2) is 4.79 Å². The molecule has 1 aromatic carbocycles. The highest BCUT2D eigenvalue weighted by atomic mass is 35.5.